The molecule has 0 saturated heterocycles. The molecule has 0 unspecified atom stereocenters. The van der Waals surface area contributed by atoms with Gasteiger partial charge in [-0.3, -0.25) is 9.59 Å². The highest BCUT2D eigenvalue weighted by Crippen LogP contribution is 2.46. The molecule has 24 heavy (non-hydrogen) atoms. The number of aryl methyl sites for hydroxylation is 1. The van der Waals surface area contributed by atoms with Gasteiger partial charge in [-0.05, 0) is 44.4 Å². The highest BCUT2D eigenvalue weighted by atomic mass is 35.5. The number of hydrogen-bond acceptors (Lipinski definition) is 4. The van der Waals surface area contributed by atoms with Crippen molar-refractivity contribution in [2.24, 2.45) is 11.8 Å². The number of carbonyl (C=O) groups is 2. The lowest BCUT2D eigenvalue weighted by Crippen LogP contribution is -2.34. The summed E-state index contributed by atoms with van der Waals surface area (Å²) >= 11 is 7.04. The van der Waals surface area contributed by atoms with Gasteiger partial charge in [-0.1, -0.05) is 11.6 Å². The van der Waals surface area contributed by atoms with Crippen LogP contribution in [0, 0.1) is 24.6 Å². The Labute approximate surface area is 147 Å². The van der Waals surface area contributed by atoms with Crippen LogP contribution in [-0.2, 0) is 9.59 Å². The molecule has 4 rings (SSSR count). The average molecular weight is 364 g/mol. The summed E-state index contributed by atoms with van der Waals surface area (Å²) in [7, 11) is 0. The number of rotatable bonds is 2. The van der Waals surface area contributed by atoms with E-state index >= 15 is 0 Å². The standard InChI is InChI=1S/C18H15ClFNO2S/c1-8-17(14-15(22)9-2-3-10(6-9)16(14)23)24-18(21-8)12-5-4-11(19)7-13(12)20/h4-5,7,9-10,14H,2-3,6H2,1H3/t9-,10-/m0/s1. The molecule has 2 aliphatic rings. The zero-order valence-electron chi connectivity index (χ0n) is 13.0. The Hall–Kier alpha value is -1.59. The lowest BCUT2D eigenvalue weighted by Gasteiger charge is -2.24. The third-order valence-corrected chi connectivity index (χ3v) is 6.55. The highest BCUT2D eigenvalue weighted by molar-refractivity contribution is 7.15. The Morgan fingerprint density at radius 2 is 1.88 bits per heavy atom. The van der Waals surface area contributed by atoms with Gasteiger partial charge in [0.2, 0.25) is 0 Å². The van der Waals surface area contributed by atoms with Gasteiger partial charge in [-0.2, -0.15) is 0 Å². The monoisotopic (exact) mass is 363 g/mol. The molecular formula is C18H15ClFNO2S. The number of hydrogen-bond donors (Lipinski definition) is 0. The van der Waals surface area contributed by atoms with Gasteiger partial charge >= 0.3 is 0 Å². The third kappa shape index (κ3) is 2.42. The quantitative estimate of drug-likeness (QED) is 0.735. The summed E-state index contributed by atoms with van der Waals surface area (Å²) in [5.41, 5.74) is 0.981. The van der Waals surface area contributed by atoms with E-state index < -0.39 is 11.7 Å². The summed E-state index contributed by atoms with van der Waals surface area (Å²) in [4.78, 5) is 30.4. The van der Waals surface area contributed by atoms with Gasteiger partial charge in [0.05, 0.1) is 5.69 Å². The molecule has 0 spiro atoms. The number of benzene rings is 1. The number of fused-ring (bicyclic) bond motifs is 2. The fourth-order valence-corrected chi connectivity index (χ4v) is 5.19. The maximum atomic E-state index is 14.2. The molecule has 124 valence electrons. The minimum absolute atomic E-state index is 0.00471. The maximum absolute atomic E-state index is 14.2. The SMILES string of the molecule is Cc1nc(-c2ccc(Cl)cc2F)sc1C1C(=O)[C@H]2CC[C@@H](C2)C1=O. The lowest BCUT2D eigenvalue weighted by atomic mass is 9.78. The Morgan fingerprint density at radius 3 is 2.50 bits per heavy atom. The number of aromatic nitrogens is 1. The second-order valence-electron chi connectivity index (χ2n) is 6.54. The van der Waals surface area contributed by atoms with Gasteiger partial charge in [0.15, 0.2) is 11.6 Å². The fraction of sp³-hybridized carbons (Fsp3) is 0.389. The summed E-state index contributed by atoms with van der Waals surface area (Å²) in [6.45, 7) is 1.78. The Morgan fingerprint density at radius 1 is 1.21 bits per heavy atom. The van der Waals surface area contributed by atoms with Crippen molar-refractivity contribution >= 4 is 34.5 Å². The van der Waals surface area contributed by atoms with Crippen molar-refractivity contribution in [2.75, 3.05) is 0 Å². The number of ketones is 2. The molecule has 1 aromatic heterocycles. The normalized spacial score (nSPS) is 26.2. The van der Waals surface area contributed by atoms with Crippen molar-refractivity contribution in [1.82, 2.24) is 4.98 Å². The molecule has 2 fully saturated rings. The number of carbonyl (C=O) groups excluding carboxylic acids is 2. The smallest absolute Gasteiger partial charge is 0.151 e. The van der Waals surface area contributed by atoms with Crippen molar-refractivity contribution in [2.45, 2.75) is 32.1 Å². The van der Waals surface area contributed by atoms with Crippen molar-refractivity contribution in [3.63, 3.8) is 0 Å². The van der Waals surface area contributed by atoms with Crippen molar-refractivity contribution in [3.05, 3.63) is 39.6 Å². The molecule has 2 atom stereocenters. The first kappa shape index (κ1) is 15.9. The predicted octanol–water partition coefficient (Wildman–Crippen LogP) is 4.56. The van der Waals surface area contributed by atoms with E-state index in [1.54, 1.807) is 19.1 Å². The van der Waals surface area contributed by atoms with Crippen LogP contribution < -0.4 is 0 Å². The number of thiazole rings is 1. The molecule has 6 heteroatoms. The van der Waals surface area contributed by atoms with Gasteiger partial charge < -0.3 is 0 Å². The van der Waals surface area contributed by atoms with Gasteiger partial charge in [0, 0.05) is 27.3 Å². The molecule has 2 aliphatic carbocycles. The second kappa shape index (κ2) is 5.74. The van der Waals surface area contributed by atoms with E-state index in [0.29, 0.717) is 32.6 Å². The minimum atomic E-state index is -0.710. The van der Waals surface area contributed by atoms with Crippen LogP contribution in [-0.4, -0.2) is 16.6 Å². The molecule has 0 N–H and O–H groups in total. The molecule has 1 aromatic carbocycles. The van der Waals surface area contributed by atoms with E-state index in [0.717, 1.165) is 12.8 Å². The number of halogens is 2. The van der Waals surface area contributed by atoms with Crippen LogP contribution in [0.25, 0.3) is 10.6 Å². The Kier molecular flexibility index (Phi) is 3.81. The molecule has 2 aromatic rings. The average Bonchev–Trinajstić information content (AvgIpc) is 3.12. The summed E-state index contributed by atoms with van der Waals surface area (Å²) in [6, 6.07) is 4.42. The molecule has 2 bridgehead atoms. The van der Waals surface area contributed by atoms with Crippen LogP contribution in [0.3, 0.4) is 0 Å². The van der Waals surface area contributed by atoms with Gasteiger partial charge in [-0.15, -0.1) is 11.3 Å². The Bertz CT molecular complexity index is 841. The van der Waals surface area contributed by atoms with Crippen LogP contribution in [0.4, 0.5) is 4.39 Å². The van der Waals surface area contributed by atoms with Crippen LogP contribution in [0.5, 0.6) is 0 Å². The van der Waals surface area contributed by atoms with Crippen LogP contribution in [0.1, 0.15) is 35.8 Å². The zero-order chi connectivity index (χ0) is 17.0. The predicted molar refractivity (Wildman–Crippen MR) is 90.8 cm³/mol. The summed E-state index contributed by atoms with van der Waals surface area (Å²) in [5, 5.41) is 0.800. The van der Waals surface area contributed by atoms with Crippen LogP contribution in [0.2, 0.25) is 5.02 Å². The molecule has 3 nitrogen and oxygen atoms in total. The van der Waals surface area contributed by atoms with E-state index in [4.69, 9.17) is 11.6 Å². The maximum Gasteiger partial charge on any atom is 0.151 e. The molecule has 0 radical (unpaired) electrons. The summed E-state index contributed by atoms with van der Waals surface area (Å²) in [6.07, 6.45) is 2.31. The molecule has 0 amide bonds. The van der Waals surface area contributed by atoms with Crippen molar-refractivity contribution in [1.29, 1.82) is 0 Å². The highest BCUT2D eigenvalue weighted by Gasteiger charge is 2.48. The fourth-order valence-electron chi connectivity index (χ4n) is 3.82. The molecule has 1 heterocycles. The first-order chi connectivity index (χ1) is 11.5. The summed E-state index contributed by atoms with van der Waals surface area (Å²) in [5.74, 6) is -1.14. The largest absolute Gasteiger partial charge is 0.298 e. The number of Topliss-reactive ketones (excluding diaryl/α,β-unsaturated/α-hetero) is 2. The van der Waals surface area contributed by atoms with Crippen molar-refractivity contribution in [3.8, 4) is 10.6 Å². The lowest BCUT2D eigenvalue weighted by molar-refractivity contribution is -0.135. The molecular weight excluding hydrogens is 349 g/mol. The first-order valence-corrected chi connectivity index (χ1v) is 9.15. The van der Waals surface area contributed by atoms with Crippen LogP contribution in [0.15, 0.2) is 18.2 Å². The molecule has 2 saturated carbocycles. The zero-order valence-corrected chi connectivity index (χ0v) is 14.6. The van der Waals surface area contributed by atoms with E-state index in [1.165, 1.54) is 17.4 Å². The Balaban J connectivity index is 1.76. The summed E-state index contributed by atoms with van der Waals surface area (Å²) < 4.78 is 14.2. The van der Waals surface area contributed by atoms with Crippen molar-refractivity contribution < 1.29 is 14.0 Å². The number of nitrogens with zero attached hydrogens (tertiary/aromatic N) is 1. The van der Waals surface area contributed by atoms with Gasteiger partial charge in [-0.25, -0.2) is 9.37 Å². The van der Waals surface area contributed by atoms with Crippen LogP contribution >= 0.6 is 22.9 Å². The van der Waals surface area contributed by atoms with Gasteiger partial charge in [0.25, 0.3) is 0 Å². The van der Waals surface area contributed by atoms with E-state index in [1.807, 2.05) is 0 Å². The van der Waals surface area contributed by atoms with E-state index in [9.17, 15) is 14.0 Å². The second-order valence-corrected chi connectivity index (χ2v) is 8.00. The third-order valence-electron chi connectivity index (χ3n) is 5.06. The van der Waals surface area contributed by atoms with E-state index in [2.05, 4.69) is 4.98 Å². The minimum Gasteiger partial charge on any atom is -0.298 e. The topological polar surface area (TPSA) is 47.0 Å². The first-order valence-electron chi connectivity index (χ1n) is 7.96. The van der Waals surface area contributed by atoms with E-state index in [-0.39, 0.29) is 23.4 Å². The molecule has 0 aliphatic heterocycles. The van der Waals surface area contributed by atoms with Gasteiger partial charge in [0.1, 0.15) is 16.7 Å².